The van der Waals surface area contributed by atoms with Crippen molar-refractivity contribution >= 4 is 17.4 Å². The first-order valence-corrected chi connectivity index (χ1v) is 6.31. The lowest BCUT2D eigenvalue weighted by molar-refractivity contribution is 0.0800. The number of halogens is 1. The minimum Gasteiger partial charge on any atom is -0.409 e. The van der Waals surface area contributed by atoms with Gasteiger partial charge in [0.25, 0.3) is 0 Å². The number of oxime groups is 1. The summed E-state index contributed by atoms with van der Waals surface area (Å²) in [6.45, 7) is 1.12. The van der Waals surface area contributed by atoms with Crippen LogP contribution < -0.4 is 5.73 Å². The van der Waals surface area contributed by atoms with E-state index in [1.165, 1.54) is 0 Å². The molecule has 0 bridgehead atoms. The molecule has 1 aromatic carbocycles. The van der Waals surface area contributed by atoms with Crippen LogP contribution in [0.3, 0.4) is 0 Å². The first-order chi connectivity index (χ1) is 8.65. The van der Waals surface area contributed by atoms with Gasteiger partial charge in [-0.05, 0) is 24.5 Å². The molecule has 1 fully saturated rings. The molecule has 2 rings (SSSR count). The molecule has 18 heavy (non-hydrogen) atoms. The third kappa shape index (κ3) is 3.37. The number of nitrogens with two attached hydrogens (primary N) is 1. The second-order valence-electron chi connectivity index (χ2n) is 4.85. The van der Waals surface area contributed by atoms with Crippen molar-refractivity contribution in [2.75, 3.05) is 6.61 Å². The molecule has 5 heteroatoms. The minimum absolute atomic E-state index is 0.0670. The van der Waals surface area contributed by atoms with Gasteiger partial charge in [0.1, 0.15) is 5.84 Å². The summed E-state index contributed by atoms with van der Waals surface area (Å²) in [5.41, 5.74) is 6.58. The van der Waals surface area contributed by atoms with Crippen molar-refractivity contribution in [3.63, 3.8) is 0 Å². The van der Waals surface area contributed by atoms with Gasteiger partial charge in [0.05, 0.1) is 13.2 Å². The normalized spacial score (nSPS) is 17.7. The Morgan fingerprint density at radius 1 is 1.44 bits per heavy atom. The van der Waals surface area contributed by atoms with E-state index in [4.69, 9.17) is 27.3 Å². The number of hydrogen-bond acceptors (Lipinski definition) is 3. The van der Waals surface area contributed by atoms with Crippen molar-refractivity contribution in [3.05, 3.63) is 34.9 Å². The Morgan fingerprint density at radius 3 is 2.78 bits per heavy atom. The maximum absolute atomic E-state index is 8.57. The Morgan fingerprint density at radius 2 is 2.17 bits per heavy atom. The molecule has 1 aromatic rings. The first kappa shape index (κ1) is 13.2. The van der Waals surface area contributed by atoms with Gasteiger partial charge in [-0.3, -0.25) is 0 Å². The topological polar surface area (TPSA) is 67.8 Å². The molecule has 4 nitrogen and oxygen atoms in total. The molecule has 0 aliphatic heterocycles. The lowest BCUT2D eigenvalue weighted by Gasteiger charge is -2.14. The number of benzene rings is 1. The summed E-state index contributed by atoms with van der Waals surface area (Å²) in [4.78, 5) is 0. The molecule has 0 aromatic heterocycles. The van der Waals surface area contributed by atoms with Crippen LogP contribution in [-0.2, 0) is 11.3 Å². The summed E-state index contributed by atoms with van der Waals surface area (Å²) >= 11 is 6.04. The third-order valence-corrected chi connectivity index (χ3v) is 3.63. The van der Waals surface area contributed by atoms with Gasteiger partial charge >= 0.3 is 0 Å². The van der Waals surface area contributed by atoms with Crippen LogP contribution in [-0.4, -0.2) is 17.6 Å². The van der Waals surface area contributed by atoms with E-state index < -0.39 is 0 Å². The number of hydrogen-bond donors (Lipinski definition) is 2. The summed E-state index contributed by atoms with van der Waals surface area (Å²) < 4.78 is 5.70. The number of ether oxygens (including phenoxy) is 1. The molecule has 1 aliphatic carbocycles. The highest BCUT2D eigenvalue weighted by Crippen LogP contribution is 2.49. The fraction of sp³-hybridized carbons (Fsp3) is 0.462. The molecule has 0 radical (unpaired) electrons. The third-order valence-electron chi connectivity index (χ3n) is 3.27. The van der Waals surface area contributed by atoms with Crippen molar-refractivity contribution < 1.29 is 9.94 Å². The highest BCUT2D eigenvalue weighted by Gasteiger charge is 2.43. The van der Waals surface area contributed by atoms with Gasteiger partial charge in [-0.1, -0.05) is 35.0 Å². The molecular weight excluding hydrogens is 252 g/mol. The average molecular weight is 269 g/mol. The molecule has 0 atom stereocenters. The molecule has 1 aliphatic rings. The molecule has 0 unspecified atom stereocenters. The zero-order valence-electron chi connectivity index (χ0n) is 10.1. The number of amidine groups is 1. The van der Waals surface area contributed by atoms with Crippen LogP contribution in [0.1, 0.15) is 24.8 Å². The Labute approximate surface area is 111 Å². The Balaban J connectivity index is 1.81. The van der Waals surface area contributed by atoms with Gasteiger partial charge in [0.2, 0.25) is 0 Å². The standard InChI is InChI=1S/C13H17ClN2O2/c14-11-4-2-1-3-10(11)8-18-9-13(5-6-13)7-12(15)16-17/h1-4,17H,5-9H2,(H2,15,16). The molecule has 0 spiro atoms. The fourth-order valence-corrected chi connectivity index (χ4v) is 2.15. The predicted molar refractivity (Wildman–Crippen MR) is 70.8 cm³/mol. The van der Waals surface area contributed by atoms with Crippen LogP contribution >= 0.6 is 11.6 Å². The van der Waals surface area contributed by atoms with Gasteiger partial charge in [-0.15, -0.1) is 0 Å². The van der Waals surface area contributed by atoms with Crippen molar-refractivity contribution in [1.29, 1.82) is 0 Å². The van der Waals surface area contributed by atoms with Crippen LogP contribution in [0.2, 0.25) is 5.02 Å². The van der Waals surface area contributed by atoms with Crippen LogP contribution in [0.5, 0.6) is 0 Å². The van der Waals surface area contributed by atoms with E-state index in [0.29, 0.717) is 19.6 Å². The van der Waals surface area contributed by atoms with E-state index >= 15 is 0 Å². The number of nitrogens with zero attached hydrogens (tertiary/aromatic N) is 1. The molecule has 0 heterocycles. The van der Waals surface area contributed by atoms with Gasteiger partial charge in [0, 0.05) is 16.9 Å². The molecule has 3 N–H and O–H groups in total. The zero-order chi connectivity index (χ0) is 13.0. The lowest BCUT2D eigenvalue weighted by atomic mass is 10.0. The predicted octanol–water partition coefficient (Wildman–Crippen LogP) is 2.77. The number of rotatable bonds is 6. The van der Waals surface area contributed by atoms with Crippen molar-refractivity contribution in [2.45, 2.75) is 25.9 Å². The van der Waals surface area contributed by atoms with E-state index in [0.717, 1.165) is 23.4 Å². The molecular formula is C13H17ClN2O2. The lowest BCUT2D eigenvalue weighted by Crippen LogP contribution is -2.21. The zero-order valence-corrected chi connectivity index (χ0v) is 10.9. The SMILES string of the molecule is NC(CC1(COCc2ccccc2Cl)CC1)=NO. The van der Waals surface area contributed by atoms with E-state index in [-0.39, 0.29) is 11.3 Å². The van der Waals surface area contributed by atoms with E-state index in [2.05, 4.69) is 5.16 Å². The van der Waals surface area contributed by atoms with E-state index in [1.807, 2.05) is 24.3 Å². The summed E-state index contributed by atoms with van der Waals surface area (Å²) in [6.07, 6.45) is 2.71. The second-order valence-corrected chi connectivity index (χ2v) is 5.26. The monoisotopic (exact) mass is 268 g/mol. The maximum Gasteiger partial charge on any atom is 0.139 e. The van der Waals surface area contributed by atoms with Crippen LogP contribution in [0.15, 0.2) is 29.4 Å². The minimum atomic E-state index is 0.0670. The van der Waals surface area contributed by atoms with Crippen molar-refractivity contribution in [1.82, 2.24) is 0 Å². The van der Waals surface area contributed by atoms with Crippen molar-refractivity contribution in [3.8, 4) is 0 Å². The average Bonchev–Trinajstić information content (AvgIpc) is 3.11. The Kier molecular flexibility index (Phi) is 4.09. The van der Waals surface area contributed by atoms with Crippen molar-refractivity contribution in [2.24, 2.45) is 16.3 Å². The van der Waals surface area contributed by atoms with Gasteiger partial charge < -0.3 is 15.7 Å². The van der Waals surface area contributed by atoms with E-state index in [1.54, 1.807) is 0 Å². The van der Waals surface area contributed by atoms with Crippen LogP contribution in [0.25, 0.3) is 0 Å². The molecule has 1 saturated carbocycles. The van der Waals surface area contributed by atoms with Gasteiger partial charge in [0.15, 0.2) is 0 Å². The summed E-state index contributed by atoms with van der Waals surface area (Å²) in [5.74, 6) is 0.272. The summed E-state index contributed by atoms with van der Waals surface area (Å²) in [6, 6.07) is 7.63. The Bertz CT molecular complexity index is 444. The highest BCUT2D eigenvalue weighted by atomic mass is 35.5. The van der Waals surface area contributed by atoms with Gasteiger partial charge in [-0.25, -0.2) is 0 Å². The quantitative estimate of drug-likeness (QED) is 0.361. The largest absolute Gasteiger partial charge is 0.409 e. The van der Waals surface area contributed by atoms with E-state index in [9.17, 15) is 0 Å². The van der Waals surface area contributed by atoms with Crippen LogP contribution in [0.4, 0.5) is 0 Å². The van der Waals surface area contributed by atoms with Crippen LogP contribution in [0, 0.1) is 5.41 Å². The summed E-state index contributed by atoms with van der Waals surface area (Å²) in [7, 11) is 0. The fourth-order valence-electron chi connectivity index (χ4n) is 1.96. The molecule has 0 saturated heterocycles. The van der Waals surface area contributed by atoms with Gasteiger partial charge in [-0.2, -0.15) is 0 Å². The second kappa shape index (κ2) is 5.59. The maximum atomic E-state index is 8.57. The molecule has 0 amide bonds. The first-order valence-electron chi connectivity index (χ1n) is 5.93. The highest BCUT2D eigenvalue weighted by molar-refractivity contribution is 6.31. The Hall–Kier alpha value is -1.26. The smallest absolute Gasteiger partial charge is 0.139 e. The molecule has 98 valence electrons. The summed E-state index contributed by atoms with van der Waals surface area (Å²) in [5, 5.41) is 12.3.